The number of nitro groups is 1. The smallest absolute Gasteiger partial charge is 0.264 e. The van der Waals surface area contributed by atoms with Crippen molar-refractivity contribution in [3.8, 4) is 0 Å². The maximum absolute atomic E-state index is 10.6. The lowest BCUT2D eigenvalue weighted by molar-refractivity contribution is -0.403. The van der Waals surface area contributed by atoms with Crippen LogP contribution < -0.4 is 0 Å². The van der Waals surface area contributed by atoms with Crippen molar-refractivity contribution in [1.82, 2.24) is 9.80 Å². The quantitative estimate of drug-likeness (QED) is 0.478. The Balaban J connectivity index is 2.37. The van der Waals surface area contributed by atoms with Gasteiger partial charge in [-0.25, -0.2) is 0 Å². The van der Waals surface area contributed by atoms with E-state index in [9.17, 15) is 10.1 Å². The van der Waals surface area contributed by atoms with Crippen molar-refractivity contribution >= 4 is 11.8 Å². The minimum absolute atomic E-state index is 0.385. The van der Waals surface area contributed by atoms with Gasteiger partial charge in [0, 0.05) is 26.2 Å². The van der Waals surface area contributed by atoms with Crippen LogP contribution in [0.3, 0.4) is 0 Å². The van der Waals surface area contributed by atoms with Crippen LogP contribution in [-0.2, 0) is 4.74 Å². The van der Waals surface area contributed by atoms with E-state index in [0.29, 0.717) is 23.1 Å². The summed E-state index contributed by atoms with van der Waals surface area (Å²) >= 11 is 1.41. The standard InChI is InChI=1S/C15H29N3O3S/c1-12(17(4)9-14-8-13(2)21-11-14)6-7-16(3)15(22-5)10-18(19)20/h10,12-14H,6-9,11H2,1-5H3. The minimum atomic E-state index is -0.390. The van der Waals surface area contributed by atoms with Gasteiger partial charge in [0.05, 0.1) is 17.6 Å². The lowest BCUT2D eigenvalue weighted by atomic mass is 10.0. The zero-order chi connectivity index (χ0) is 16.7. The van der Waals surface area contributed by atoms with Gasteiger partial charge >= 0.3 is 0 Å². The molecule has 6 nitrogen and oxygen atoms in total. The van der Waals surface area contributed by atoms with E-state index in [1.54, 1.807) is 0 Å². The molecule has 7 heteroatoms. The van der Waals surface area contributed by atoms with E-state index in [1.807, 2.05) is 18.2 Å². The van der Waals surface area contributed by atoms with Crippen LogP contribution in [0, 0.1) is 16.0 Å². The molecule has 0 aliphatic carbocycles. The Morgan fingerprint density at radius 1 is 1.55 bits per heavy atom. The lowest BCUT2D eigenvalue weighted by Gasteiger charge is -2.29. The van der Waals surface area contributed by atoms with Crippen LogP contribution in [0.5, 0.6) is 0 Å². The number of nitrogens with zero attached hydrogens (tertiary/aromatic N) is 3. The highest BCUT2D eigenvalue weighted by Gasteiger charge is 2.24. The summed E-state index contributed by atoms with van der Waals surface area (Å²) in [4.78, 5) is 14.5. The Hall–Kier alpha value is -0.790. The molecule has 0 saturated carbocycles. The van der Waals surface area contributed by atoms with Crippen molar-refractivity contribution in [2.45, 2.75) is 38.8 Å². The van der Waals surface area contributed by atoms with Gasteiger partial charge in [0.25, 0.3) is 6.20 Å². The van der Waals surface area contributed by atoms with E-state index in [2.05, 4.69) is 25.8 Å². The van der Waals surface area contributed by atoms with Crippen LogP contribution in [0.1, 0.15) is 26.7 Å². The van der Waals surface area contributed by atoms with Gasteiger partial charge < -0.3 is 14.5 Å². The fourth-order valence-electron chi connectivity index (χ4n) is 2.73. The van der Waals surface area contributed by atoms with E-state index in [4.69, 9.17) is 4.74 Å². The highest BCUT2D eigenvalue weighted by Crippen LogP contribution is 2.21. The molecule has 22 heavy (non-hydrogen) atoms. The first kappa shape index (κ1) is 19.3. The molecule has 1 aliphatic rings. The molecule has 3 atom stereocenters. The largest absolute Gasteiger partial charge is 0.378 e. The lowest BCUT2D eigenvalue weighted by Crippen LogP contribution is -2.36. The fraction of sp³-hybridized carbons (Fsp3) is 0.867. The topological polar surface area (TPSA) is 58.9 Å². The first-order valence-electron chi connectivity index (χ1n) is 7.75. The van der Waals surface area contributed by atoms with Crippen LogP contribution in [0.15, 0.2) is 11.2 Å². The Morgan fingerprint density at radius 3 is 2.73 bits per heavy atom. The first-order chi connectivity index (χ1) is 10.3. The SMILES string of the molecule is CSC(=C[N+](=O)[O-])N(C)CCC(C)N(C)CC1COC(C)C1. The number of rotatable bonds is 9. The van der Waals surface area contributed by atoms with Crippen molar-refractivity contribution in [3.63, 3.8) is 0 Å². The van der Waals surface area contributed by atoms with Gasteiger partial charge in [-0.15, -0.1) is 11.8 Å². The van der Waals surface area contributed by atoms with Gasteiger partial charge in [-0.2, -0.15) is 0 Å². The Bertz CT molecular complexity index is 392. The second-order valence-corrected chi connectivity index (χ2v) is 7.03. The molecule has 0 aromatic carbocycles. The molecule has 1 rings (SSSR count). The van der Waals surface area contributed by atoms with Gasteiger partial charge in [-0.3, -0.25) is 10.1 Å². The van der Waals surface area contributed by atoms with Crippen LogP contribution in [0.25, 0.3) is 0 Å². The van der Waals surface area contributed by atoms with E-state index in [1.165, 1.54) is 11.8 Å². The van der Waals surface area contributed by atoms with E-state index < -0.39 is 0 Å². The zero-order valence-corrected chi connectivity index (χ0v) is 15.1. The van der Waals surface area contributed by atoms with Gasteiger partial charge in [-0.05, 0) is 45.9 Å². The average Bonchev–Trinajstić information content (AvgIpc) is 2.86. The summed E-state index contributed by atoms with van der Waals surface area (Å²) in [6, 6.07) is 0.442. The molecule has 128 valence electrons. The molecule has 0 aromatic heterocycles. The Kier molecular flexibility index (Phi) is 8.20. The van der Waals surface area contributed by atoms with E-state index >= 15 is 0 Å². The Labute approximate surface area is 138 Å². The summed E-state index contributed by atoms with van der Waals surface area (Å²) in [5, 5.41) is 11.3. The number of thioether (sulfide) groups is 1. The summed E-state index contributed by atoms with van der Waals surface area (Å²) in [6.45, 7) is 7.06. The van der Waals surface area contributed by atoms with Crippen LogP contribution >= 0.6 is 11.8 Å². The monoisotopic (exact) mass is 331 g/mol. The van der Waals surface area contributed by atoms with Crippen LogP contribution in [-0.4, -0.2) is 66.9 Å². The highest BCUT2D eigenvalue weighted by molar-refractivity contribution is 8.02. The molecule has 0 amide bonds. The van der Waals surface area contributed by atoms with Crippen molar-refractivity contribution < 1.29 is 9.66 Å². The molecule has 1 aliphatic heterocycles. The summed E-state index contributed by atoms with van der Waals surface area (Å²) in [6.07, 6.45) is 5.44. The van der Waals surface area contributed by atoms with Gasteiger partial charge in [0.2, 0.25) is 0 Å². The number of hydrogen-bond acceptors (Lipinski definition) is 6. The van der Waals surface area contributed by atoms with Crippen molar-refractivity contribution in [1.29, 1.82) is 0 Å². The fourth-order valence-corrected chi connectivity index (χ4v) is 3.32. The third-order valence-electron chi connectivity index (χ3n) is 4.26. The van der Waals surface area contributed by atoms with Gasteiger partial charge in [0.1, 0.15) is 5.03 Å². The van der Waals surface area contributed by atoms with Gasteiger partial charge in [-0.1, -0.05) is 0 Å². The third kappa shape index (κ3) is 6.54. The molecule has 0 aromatic rings. The highest BCUT2D eigenvalue weighted by atomic mass is 32.2. The summed E-state index contributed by atoms with van der Waals surface area (Å²) in [5.74, 6) is 0.622. The Morgan fingerprint density at radius 2 is 2.23 bits per heavy atom. The zero-order valence-electron chi connectivity index (χ0n) is 14.3. The first-order valence-corrected chi connectivity index (χ1v) is 8.98. The molecule has 1 fully saturated rings. The maximum Gasteiger partial charge on any atom is 0.264 e. The second-order valence-electron chi connectivity index (χ2n) is 6.20. The molecule has 1 heterocycles. The van der Waals surface area contributed by atoms with Crippen molar-refractivity contribution in [2.75, 3.05) is 40.0 Å². The molecule has 0 spiro atoms. The second kappa shape index (κ2) is 9.37. The summed E-state index contributed by atoms with van der Waals surface area (Å²) in [5.41, 5.74) is 0. The minimum Gasteiger partial charge on any atom is -0.378 e. The van der Waals surface area contributed by atoms with Crippen molar-refractivity contribution in [3.05, 3.63) is 21.3 Å². The maximum atomic E-state index is 10.6. The summed E-state index contributed by atoms with van der Waals surface area (Å²) in [7, 11) is 4.06. The number of ether oxygens (including phenoxy) is 1. The molecular weight excluding hydrogens is 302 g/mol. The molecule has 3 unspecified atom stereocenters. The van der Waals surface area contributed by atoms with E-state index in [0.717, 1.165) is 38.7 Å². The van der Waals surface area contributed by atoms with E-state index in [-0.39, 0.29) is 4.92 Å². The molecular formula is C15H29N3O3S. The molecule has 1 saturated heterocycles. The van der Waals surface area contributed by atoms with Gasteiger partial charge in [0.15, 0.2) is 0 Å². The van der Waals surface area contributed by atoms with Crippen LogP contribution in [0.2, 0.25) is 0 Å². The number of hydrogen-bond donors (Lipinski definition) is 0. The van der Waals surface area contributed by atoms with Crippen LogP contribution in [0.4, 0.5) is 0 Å². The third-order valence-corrected chi connectivity index (χ3v) is 5.10. The molecule has 0 N–H and O–H groups in total. The van der Waals surface area contributed by atoms with Crippen molar-refractivity contribution in [2.24, 2.45) is 5.92 Å². The predicted octanol–water partition coefficient (Wildman–Crippen LogP) is 2.49. The summed E-state index contributed by atoms with van der Waals surface area (Å²) < 4.78 is 5.62. The predicted molar refractivity (Wildman–Crippen MR) is 91.5 cm³/mol. The normalized spacial score (nSPS) is 23.8. The average molecular weight is 331 g/mol. The molecule has 0 radical (unpaired) electrons. The molecule has 0 bridgehead atoms.